The Morgan fingerprint density at radius 1 is 1.44 bits per heavy atom. The SMILES string of the molecule is Cc1cc(C(=O)NCC(C)(C)N)cc([N+](=O)[O-])c1. The fourth-order valence-corrected chi connectivity index (χ4v) is 1.41. The van der Waals surface area contributed by atoms with Gasteiger partial charge in [-0.25, -0.2) is 0 Å². The van der Waals surface area contributed by atoms with Gasteiger partial charge in [-0.15, -0.1) is 0 Å². The van der Waals surface area contributed by atoms with Crippen molar-refractivity contribution in [1.82, 2.24) is 5.32 Å². The monoisotopic (exact) mass is 251 g/mol. The Hall–Kier alpha value is -1.95. The molecular formula is C12H17N3O3. The Morgan fingerprint density at radius 2 is 2.06 bits per heavy atom. The van der Waals surface area contributed by atoms with E-state index in [0.717, 1.165) is 0 Å². The average Bonchev–Trinajstić information content (AvgIpc) is 2.23. The lowest BCUT2D eigenvalue weighted by molar-refractivity contribution is -0.384. The number of nitro groups is 1. The highest BCUT2D eigenvalue weighted by Gasteiger charge is 2.16. The van der Waals surface area contributed by atoms with Crippen molar-refractivity contribution in [2.45, 2.75) is 26.3 Å². The lowest BCUT2D eigenvalue weighted by Crippen LogP contribution is -2.45. The molecule has 0 unspecified atom stereocenters. The number of nitro benzene ring substituents is 1. The molecule has 0 aliphatic carbocycles. The highest BCUT2D eigenvalue weighted by Crippen LogP contribution is 2.16. The van der Waals surface area contributed by atoms with Gasteiger partial charge in [0.25, 0.3) is 11.6 Å². The van der Waals surface area contributed by atoms with Crippen molar-refractivity contribution in [1.29, 1.82) is 0 Å². The number of nitrogens with zero attached hydrogens (tertiary/aromatic N) is 1. The Bertz CT molecular complexity index is 478. The van der Waals surface area contributed by atoms with Crippen molar-refractivity contribution in [3.05, 3.63) is 39.4 Å². The molecule has 0 spiro atoms. The molecule has 6 nitrogen and oxygen atoms in total. The molecule has 0 saturated carbocycles. The normalized spacial score (nSPS) is 11.1. The average molecular weight is 251 g/mol. The van der Waals surface area contributed by atoms with E-state index in [1.807, 2.05) is 0 Å². The largest absolute Gasteiger partial charge is 0.350 e. The minimum Gasteiger partial charge on any atom is -0.350 e. The molecule has 1 aromatic rings. The summed E-state index contributed by atoms with van der Waals surface area (Å²) in [6.07, 6.45) is 0. The molecule has 0 saturated heterocycles. The van der Waals surface area contributed by atoms with Crippen LogP contribution in [-0.2, 0) is 0 Å². The quantitative estimate of drug-likeness (QED) is 0.623. The van der Waals surface area contributed by atoms with Gasteiger partial charge in [0.15, 0.2) is 0 Å². The van der Waals surface area contributed by atoms with Gasteiger partial charge in [0, 0.05) is 29.8 Å². The van der Waals surface area contributed by atoms with E-state index in [0.29, 0.717) is 12.1 Å². The molecule has 0 fully saturated rings. The van der Waals surface area contributed by atoms with E-state index in [1.165, 1.54) is 12.1 Å². The lowest BCUT2D eigenvalue weighted by atomic mass is 10.1. The maximum absolute atomic E-state index is 11.8. The second-order valence-electron chi connectivity index (χ2n) is 4.99. The third kappa shape index (κ3) is 4.14. The van der Waals surface area contributed by atoms with E-state index in [1.54, 1.807) is 26.8 Å². The van der Waals surface area contributed by atoms with Crippen molar-refractivity contribution >= 4 is 11.6 Å². The van der Waals surface area contributed by atoms with Gasteiger partial charge in [0.1, 0.15) is 0 Å². The number of benzene rings is 1. The van der Waals surface area contributed by atoms with Crippen molar-refractivity contribution in [3.63, 3.8) is 0 Å². The summed E-state index contributed by atoms with van der Waals surface area (Å²) in [5, 5.41) is 13.3. The molecular weight excluding hydrogens is 234 g/mol. The molecule has 1 aromatic carbocycles. The highest BCUT2D eigenvalue weighted by atomic mass is 16.6. The zero-order valence-corrected chi connectivity index (χ0v) is 10.7. The van der Waals surface area contributed by atoms with E-state index in [4.69, 9.17) is 5.73 Å². The summed E-state index contributed by atoms with van der Waals surface area (Å²) >= 11 is 0. The number of rotatable bonds is 4. The first kappa shape index (κ1) is 14.1. The molecule has 0 bridgehead atoms. The second kappa shape index (κ2) is 5.14. The molecule has 1 amide bonds. The molecule has 3 N–H and O–H groups in total. The van der Waals surface area contributed by atoms with Crippen LogP contribution in [0.3, 0.4) is 0 Å². The van der Waals surface area contributed by atoms with Crippen LogP contribution in [0, 0.1) is 17.0 Å². The van der Waals surface area contributed by atoms with Gasteiger partial charge in [0.2, 0.25) is 0 Å². The topological polar surface area (TPSA) is 98.3 Å². The van der Waals surface area contributed by atoms with E-state index < -0.39 is 10.5 Å². The minimum atomic E-state index is -0.522. The molecule has 0 radical (unpaired) electrons. The van der Waals surface area contributed by atoms with Gasteiger partial charge in [-0.05, 0) is 32.4 Å². The van der Waals surface area contributed by atoms with Crippen LogP contribution in [0.5, 0.6) is 0 Å². The van der Waals surface area contributed by atoms with Crippen LogP contribution in [0.15, 0.2) is 18.2 Å². The summed E-state index contributed by atoms with van der Waals surface area (Å²) in [6.45, 7) is 5.57. The number of hydrogen-bond donors (Lipinski definition) is 2. The molecule has 0 aromatic heterocycles. The Morgan fingerprint density at radius 3 is 2.56 bits per heavy atom. The van der Waals surface area contributed by atoms with Gasteiger partial charge < -0.3 is 11.1 Å². The number of aryl methyl sites for hydroxylation is 1. The number of nitrogens with one attached hydrogen (secondary N) is 1. The Balaban J connectivity index is 2.89. The molecule has 18 heavy (non-hydrogen) atoms. The Kier molecular flexibility index (Phi) is 4.03. The zero-order chi connectivity index (χ0) is 13.9. The number of carbonyl (C=O) groups excluding carboxylic acids is 1. The van der Waals surface area contributed by atoms with Crippen LogP contribution in [-0.4, -0.2) is 22.9 Å². The number of carbonyl (C=O) groups is 1. The first-order valence-corrected chi connectivity index (χ1v) is 5.52. The molecule has 0 atom stereocenters. The van der Waals surface area contributed by atoms with Crippen LogP contribution in [0.1, 0.15) is 29.8 Å². The van der Waals surface area contributed by atoms with E-state index >= 15 is 0 Å². The van der Waals surface area contributed by atoms with Crippen molar-refractivity contribution in [3.8, 4) is 0 Å². The number of nitrogens with two attached hydrogens (primary N) is 1. The summed E-state index contributed by atoms with van der Waals surface area (Å²) < 4.78 is 0. The molecule has 0 heterocycles. The number of hydrogen-bond acceptors (Lipinski definition) is 4. The first-order valence-electron chi connectivity index (χ1n) is 5.52. The molecule has 6 heteroatoms. The number of non-ortho nitro benzene ring substituents is 1. The molecule has 1 rings (SSSR count). The van der Waals surface area contributed by atoms with Crippen LogP contribution in [0.4, 0.5) is 5.69 Å². The van der Waals surface area contributed by atoms with E-state index in [9.17, 15) is 14.9 Å². The minimum absolute atomic E-state index is 0.0906. The number of amides is 1. The smallest absolute Gasteiger partial charge is 0.270 e. The molecule has 0 aliphatic heterocycles. The van der Waals surface area contributed by atoms with E-state index in [-0.39, 0.29) is 17.2 Å². The molecule has 0 aliphatic rings. The Labute approximate surface area is 105 Å². The van der Waals surface area contributed by atoms with Crippen LogP contribution in [0.25, 0.3) is 0 Å². The lowest BCUT2D eigenvalue weighted by Gasteiger charge is -2.18. The van der Waals surface area contributed by atoms with Crippen LogP contribution in [0.2, 0.25) is 0 Å². The summed E-state index contributed by atoms with van der Waals surface area (Å²) in [4.78, 5) is 22.0. The van der Waals surface area contributed by atoms with Gasteiger partial charge in [0.05, 0.1) is 4.92 Å². The highest BCUT2D eigenvalue weighted by molar-refractivity contribution is 5.95. The van der Waals surface area contributed by atoms with Gasteiger partial charge in [-0.1, -0.05) is 0 Å². The van der Waals surface area contributed by atoms with Gasteiger partial charge in [-0.2, -0.15) is 0 Å². The zero-order valence-electron chi connectivity index (χ0n) is 10.7. The maximum atomic E-state index is 11.8. The van der Waals surface area contributed by atoms with Gasteiger partial charge in [-0.3, -0.25) is 14.9 Å². The predicted octanol–water partition coefficient (Wildman–Crippen LogP) is 1.37. The summed E-state index contributed by atoms with van der Waals surface area (Å²) in [5.41, 5.74) is 6.07. The molecule has 98 valence electrons. The second-order valence-corrected chi connectivity index (χ2v) is 4.99. The predicted molar refractivity (Wildman–Crippen MR) is 68.4 cm³/mol. The van der Waals surface area contributed by atoms with E-state index in [2.05, 4.69) is 5.32 Å². The summed E-state index contributed by atoms with van der Waals surface area (Å²) in [5.74, 6) is -0.361. The maximum Gasteiger partial charge on any atom is 0.270 e. The third-order valence-corrected chi connectivity index (χ3v) is 2.24. The first-order chi connectivity index (χ1) is 8.19. The van der Waals surface area contributed by atoms with Crippen LogP contribution >= 0.6 is 0 Å². The standard InChI is InChI=1S/C12H17N3O3/c1-8-4-9(6-10(5-8)15(17)18)11(16)14-7-12(2,3)13/h4-6H,7,13H2,1-3H3,(H,14,16). The third-order valence-electron chi connectivity index (χ3n) is 2.24. The summed E-state index contributed by atoms with van der Waals surface area (Å²) in [7, 11) is 0. The van der Waals surface area contributed by atoms with Crippen molar-refractivity contribution < 1.29 is 9.72 Å². The van der Waals surface area contributed by atoms with Crippen molar-refractivity contribution in [2.24, 2.45) is 5.73 Å². The fourth-order valence-electron chi connectivity index (χ4n) is 1.41. The summed E-state index contributed by atoms with van der Waals surface area (Å²) in [6, 6.07) is 4.28. The van der Waals surface area contributed by atoms with Gasteiger partial charge >= 0.3 is 0 Å². The van der Waals surface area contributed by atoms with Crippen LogP contribution < -0.4 is 11.1 Å². The fraction of sp³-hybridized carbons (Fsp3) is 0.417. The van der Waals surface area contributed by atoms with Crippen molar-refractivity contribution in [2.75, 3.05) is 6.54 Å².